The molecule has 0 radical (unpaired) electrons. The lowest BCUT2D eigenvalue weighted by atomic mass is 10.1. The number of carboxylic acid groups (broad SMARTS) is 1. The highest BCUT2D eigenvalue weighted by Gasteiger charge is 2.23. The van der Waals surface area contributed by atoms with Gasteiger partial charge in [-0.25, -0.2) is 4.79 Å². The maximum Gasteiger partial charge on any atom is 0.330 e. The van der Waals surface area contributed by atoms with E-state index < -0.39 is 17.9 Å². The summed E-state index contributed by atoms with van der Waals surface area (Å²) in [7, 11) is 3.03. The fourth-order valence-electron chi connectivity index (χ4n) is 1.66. The lowest BCUT2D eigenvalue weighted by molar-refractivity contribution is -0.142. The van der Waals surface area contributed by atoms with E-state index in [1.165, 1.54) is 14.2 Å². The average molecular weight is 376 g/mol. The predicted molar refractivity (Wildman–Crippen MR) is 81.9 cm³/mol. The van der Waals surface area contributed by atoms with Crippen LogP contribution in [-0.4, -0.2) is 51.0 Å². The Hall–Kier alpha value is -1.64. The van der Waals surface area contributed by atoms with Gasteiger partial charge in [0.1, 0.15) is 12.4 Å². The Labute approximate surface area is 136 Å². The van der Waals surface area contributed by atoms with Crippen LogP contribution in [0.15, 0.2) is 22.7 Å². The normalized spacial score (nSPS) is 11.8. The van der Waals surface area contributed by atoms with Crippen molar-refractivity contribution >= 4 is 27.8 Å². The molecule has 2 N–H and O–H groups in total. The minimum Gasteiger partial charge on any atom is -0.496 e. The highest BCUT2D eigenvalue weighted by atomic mass is 79.9. The maximum absolute atomic E-state index is 11.7. The molecular formula is C14H18BrNO6. The van der Waals surface area contributed by atoms with Crippen molar-refractivity contribution in [3.63, 3.8) is 0 Å². The van der Waals surface area contributed by atoms with E-state index in [9.17, 15) is 14.7 Å². The van der Waals surface area contributed by atoms with Crippen LogP contribution in [0.5, 0.6) is 5.75 Å². The number of ether oxygens (including phenoxy) is 3. The fraction of sp³-hybridized carbons (Fsp3) is 0.429. The van der Waals surface area contributed by atoms with Gasteiger partial charge in [-0.3, -0.25) is 4.79 Å². The molecular weight excluding hydrogens is 358 g/mol. The number of halogens is 1. The van der Waals surface area contributed by atoms with Gasteiger partial charge in [0.15, 0.2) is 6.04 Å². The molecule has 0 aliphatic rings. The molecule has 0 bridgehead atoms. The number of aliphatic carboxylic acids is 1. The first-order chi connectivity index (χ1) is 10.5. The third-order valence-electron chi connectivity index (χ3n) is 2.73. The molecule has 7 nitrogen and oxygen atoms in total. The van der Waals surface area contributed by atoms with Gasteiger partial charge in [-0.05, 0) is 33.6 Å². The third-order valence-corrected chi connectivity index (χ3v) is 3.35. The number of methoxy groups -OCH3 is 2. The van der Waals surface area contributed by atoms with Crippen molar-refractivity contribution in [1.82, 2.24) is 5.32 Å². The second-order valence-electron chi connectivity index (χ2n) is 4.28. The molecule has 0 fully saturated rings. The monoisotopic (exact) mass is 375 g/mol. The molecule has 0 aliphatic carbocycles. The SMILES string of the molecule is COCCOCC(=O)NC(C(=O)O)c1ccc(OC)c(Br)c1. The topological polar surface area (TPSA) is 94.1 Å². The van der Waals surface area contributed by atoms with Crippen molar-refractivity contribution in [2.75, 3.05) is 34.0 Å². The first-order valence-corrected chi connectivity index (χ1v) is 7.21. The fourth-order valence-corrected chi connectivity index (χ4v) is 2.22. The van der Waals surface area contributed by atoms with E-state index in [0.717, 1.165) is 0 Å². The molecule has 0 saturated heterocycles. The van der Waals surface area contributed by atoms with Crippen molar-refractivity contribution < 1.29 is 28.9 Å². The molecule has 0 aliphatic heterocycles. The average Bonchev–Trinajstić information content (AvgIpc) is 2.49. The summed E-state index contributed by atoms with van der Waals surface area (Å²) >= 11 is 3.28. The minimum absolute atomic E-state index is 0.232. The lowest BCUT2D eigenvalue weighted by Gasteiger charge is -2.16. The van der Waals surface area contributed by atoms with Crippen LogP contribution in [0.25, 0.3) is 0 Å². The van der Waals surface area contributed by atoms with Gasteiger partial charge in [0.2, 0.25) is 5.91 Å². The second-order valence-corrected chi connectivity index (χ2v) is 5.13. The van der Waals surface area contributed by atoms with Crippen LogP contribution in [0, 0.1) is 0 Å². The predicted octanol–water partition coefficient (Wildman–Crippen LogP) is 1.36. The van der Waals surface area contributed by atoms with E-state index in [-0.39, 0.29) is 13.2 Å². The Morgan fingerprint density at radius 2 is 2.05 bits per heavy atom. The molecule has 0 aromatic heterocycles. The molecule has 0 spiro atoms. The molecule has 1 aromatic carbocycles. The van der Waals surface area contributed by atoms with Gasteiger partial charge < -0.3 is 24.6 Å². The maximum atomic E-state index is 11.7. The number of rotatable bonds is 9. The van der Waals surface area contributed by atoms with Crippen molar-refractivity contribution in [3.05, 3.63) is 28.2 Å². The Morgan fingerprint density at radius 1 is 1.32 bits per heavy atom. The molecule has 1 rings (SSSR count). The van der Waals surface area contributed by atoms with E-state index in [1.54, 1.807) is 18.2 Å². The highest BCUT2D eigenvalue weighted by molar-refractivity contribution is 9.10. The summed E-state index contributed by atoms with van der Waals surface area (Å²) in [5, 5.41) is 11.7. The van der Waals surface area contributed by atoms with Crippen LogP contribution in [0.4, 0.5) is 0 Å². The van der Waals surface area contributed by atoms with E-state index in [1.807, 2.05) is 0 Å². The molecule has 0 heterocycles. The van der Waals surface area contributed by atoms with Crippen molar-refractivity contribution in [3.8, 4) is 5.75 Å². The molecule has 8 heteroatoms. The number of carboxylic acids is 1. The Balaban J connectivity index is 2.71. The molecule has 122 valence electrons. The van der Waals surface area contributed by atoms with Gasteiger partial charge in [-0.2, -0.15) is 0 Å². The number of hydrogen-bond donors (Lipinski definition) is 2. The Kier molecular flexibility index (Phi) is 7.86. The highest BCUT2D eigenvalue weighted by Crippen LogP contribution is 2.28. The summed E-state index contributed by atoms with van der Waals surface area (Å²) in [6, 6.07) is 3.62. The van der Waals surface area contributed by atoms with Crippen molar-refractivity contribution in [2.45, 2.75) is 6.04 Å². The number of hydrogen-bond acceptors (Lipinski definition) is 5. The number of carbonyl (C=O) groups is 2. The number of amides is 1. The Bertz CT molecular complexity index is 522. The minimum atomic E-state index is -1.17. The van der Waals surface area contributed by atoms with E-state index in [4.69, 9.17) is 14.2 Å². The zero-order valence-corrected chi connectivity index (χ0v) is 13.9. The third kappa shape index (κ3) is 5.63. The second kappa shape index (κ2) is 9.39. The van der Waals surface area contributed by atoms with Gasteiger partial charge in [0.05, 0.1) is 24.8 Å². The molecule has 22 heavy (non-hydrogen) atoms. The number of benzene rings is 1. The van der Waals surface area contributed by atoms with Gasteiger partial charge in [0, 0.05) is 7.11 Å². The number of nitrogens with one attached hydrogen (secondary N) is 1. The zero-order chi connectivity index (χ0) is 16.5. The van der Waals surface area contributed by atoms with Crippen LogP contribution in [0.1, 0.15) is 11.6 Å². The first kappa shape index (κ1) is 18.4. The van der Waals surface area contributed by atoms with Gasteiger partial charge >= 0.3 is 5.97 Å². The van der Waals surface area contributed by atoms with Crippen LogP contribution in [0.2, 0.25) is 0 Å². The summed E-state index contributed by atoms with van der Waals surface area (Å²) in [5.74, 6) is -1.11. The standard InChI is InChI=1S/C14H18BrNO6/c1-20-5-6-22-8-12(17)16-13(14(18)19)9-3-4-11(21-2)10(15)7-9/h3-4,7,13H,5-6,8H2,1-2H3,(H,16,17)(H,18,19). The van der Waals surface area contributed by atoms with E-state index in [0.29, 0.717) is 22.4 Å². The summed E-state index contributed by atoms with van der Waals surface area (Å²) in [6.07, 6.45) is 0. The van der Waals surface area contributed by atoms with Gasteiger partial charge in [-0.1, -0.05) is 6.07 Å². The van der Waals surface area contributed by atoms with Crippen LogP contribution in [-0.2, 0) is 19.1 Å². The zero-order valence-electron chi connectivity index (χ0n) is 12.3. The summed E-state index contributed by atoms with van der Waals surface area (Å²) in [6.45, 7) is 0.390. The molecule has 1 unspecified atom stereocenters. The molecule has 0 saturated carbocycles. The van der Waals surface area contributed by atoms with Crippen LogP contribution < -0.4 is 10.1 Å². The van der Waals surface area contributed by atoms with Crippen LogP contribution >= 0.6 is 15.9 Å². The smallest absolute Gasteiger partial charge is 0.330 e. The lowest BCUT2D eigenvalue weighted by Crippen LogP contribution is -2.36. The first-order valence-electron chi connectivity index (χ1n) is 6.42. The molecule has 1 aromatic rings. The molecule has 1 amide bonds. The van der Waals surface area contributed by atoms with Crippen molar-refractivity contribution in [2.24, 2.45) is 0 Å². The number of carbonyl (C=O) groups excluding carboxylic acids is 1. The quantitative estimate of drug-likeness (QED) is 0.633. The van der Waals surface area contributed by atoms with E-state index >= 15 is 0 Å². The largest absolute Gasteiger partial charge is 0.496 e. The van der Waals surface area contributed by atoms with E-state index in [2.05, 4.69) is 21.2 Å². The van der Waals surface area contributed by atoms with Gasteiger partial charge in [0.25, 0.3) is 0 Å². The van der Waals surface area contributed by atoms with Crippen molar-refractivity contribution in [1.29, 1.82) is 0 Å². The Morgan fingerprint density at radius 3 is 2.59 bits per heavy atom. The summed E-state index contributed by atoms with van der Waals surface area (Å²) in [5.41, 5.74) is 0.422. The van der Waals surface area contributed by atoms with Crippen LogP contribution in [0.3, 0.4) is 0 Å². The summed E-state index contributed by atoms with van der Waals surface area (Å²) < 4.78 is 15.5. The van der Waals surface area contributed by atoms with Gasteiger partial charge in [-0.15, -0.1) is 0 Å². The summed E-state index contributed by atoms with van der Waals surface area (Å²) in [4.78, 5) is 23.1. The molecule has 1 atom stereocenters.